The summed E-state index contributed by atoms with van der Waals surface area (Å²) in [6.45, 7) is 6.78. The van der Waals surface area contributed by atoms with Crippen LogP contribution in [0.2, 0.25) is 0 Å². The van der Waals surface area contributed by atoms with Crippen LogP contribution in [0.25, 0.3) is 5.65 Å². The summed E-state index contributed by atoms with van der Waals surface area (Å²) in [6, 6.07) is 6.92. The molecule has 1 saturated heterocycles. The number of fused-ring (bicyclic) bond motifs is 1. The van der Waals surface area contributed by atoms with E-state index in [-0.39, 0.29) is 17.8 Å². The monoisotopic (exact) mass is 442 g/mol. The minimum absolute atomic E-state index is 0.194. The van der Waals surface area contributed by atoms with E-state index in [2.05, 4.69) is 15.4 Å². The maximum Gasteiger partial charge on any atom is 0.252 e. The van der Waals surface area contributed by atoms with E-state index in [4.69, 9.17) is 10.5 Å². The summed E-state index contributed by atoms with van der Waals surface area (Å²) < 4.78 is 21.6. The fourth-order valence-electron chi connectivity index (χ4n) is 3.96. The van der Waals surface area contributed by atoms with E-state index in [1.54, 1.807) is 18.2 Å². The van der Waals surface area contributed by atoms with Crippen LogP contribution in [0.1, 0.15) is 41.0 Å². The molecular formula is C22H27FN6O3. The Morgan fingerprint density at radius 3 is 2.69 bits per heavy atom. The minimum atomic E-state index is -1.53. The maximum atomic E-state index is 14.7. The number of primary amides is 1. The van der Waals surface area contributed by atoms with Gasteiger partial charge in [0.2, 0.25) is 0 Å². The second-order valence-corrected chi connectivity index (χ2v) is 8.26. The largest absolute Gasteiger partial charge is 0.390 e. The highest BCUT2D eigenvalue weighted by Crippen LogP contribution is 2.34. The van der Waals surface area contributed by atoms with Crippen molar-refractivity contribution in [1.29, 1.82) is 0 Å². The molecule has 32 heavy (non-hydrogen) atoms. The van der Waals surface area contributed by atoms with Crippen molar-refractivity contribution in [2.24, 2.45) is 5.73 Å². The number of aliphatic hydroxyl groups excluding tert-OH is 1. The Morgan fingerprint density at radius 1 is 1.34 bits per heavy atom. The number of hydrogen-bond acceptors (Lipinski definition) is 7. The van der Waals surface area contributed by atoms with Crippen LogP contribution in [-0.2, 0) is 17.0 Å². The second kappa shape index (κ2) is 8.36. The molecule has 0 saturated carbocycles. The Morgan fingerprint density at radius 2 is 2.06 bits per heavy atom. The first-order valence-electron chi connectivity index (χ1n) is 10.4. The SMILES string of the molecule is Cc1c(Nc2c(CO)nc3c(C(N)=O)cc(N4CCOCC4)nn23)cccc1C(C)(C)F. The number of nitrogens with zero attached hydrogens (tertiary/aromatic N) is 4. The van der Waals surface area contributed by atoms with Crippen molar-refractivity contribution in [3.05, 3.63) is 46.6 Å². The predicted molar refractivity (Wildman–Crippen MR) is 119 cm³/mol. The normalized spacial score (nSPS) is 14.7. The number of aliphatic hydroxyl groups is 1. The molecule has 170 valence electrons. The van der Waals surface area contributed by atoms with Crippen molar-refractivity contribution in [3.63, 3.8) is 0 Å². The number of anilines is 3. The van der Waals surface area contributed by atoms with Crippen molar-refractivity contribution in [2.75, 3.05) is 36.5 Å². The highest BCUT2D eigenvalue weighted by atomic mass is 19.1. The molecule has 1 aliphatic heterocycles. The lowest BCUT2D eigenvalue weighted by atomic mass is 9.94. The third-order valence-corrected chi connectivity index (χ3v) is 5.62. The number of nitrogens with two attached hydrogens (primary N) is 1. The summed E-state index contributed by atoms with van der Waals surface area (Å²) in [5, 5.41) is 17.9. The quantitative estimate of drug-likeness (QED) is 0.537. The summed E-state index contributed by atoms with van der Waals surface area (Å²) in [5.74, 6) is 0.289. The van der Waals surface area contributed by atoms with Gasteiger partial charge in [0.25, 0.3) is 5.91 Å². The first kappa shape index (κ1) is 22.0. The lowest BCUT2D eigenvalue weighted by molar-refractivity contribution is 0.100. The van der Waals surface area contributed by atoms with Crippen molar-refractivity contribution in [1.82, 2.24) is 14.6 Å². The van der Waals surface area contributed by atoms with Gasteiger partial charge in [0, 0.05) is 18.8 Å². The van der Waals surface area contributed by atoms with Gasteiger partial charge in [0.1, 0.15) is 11.4 Å². The number of alkyl halides is 1. The minimum Gasteiger partial charge on any atom is -0.390 e. The van der Waals surface area contributed by atoms with Crippen LogP contribution in [0.3, 0.4) is 0 Å². The fraction of sp³-hybridized carbons (Fsp3) is 0.409. The van der Waals surface area contributed by atoms with Crippen LogP contribution in [0.5, 0.6) is 0 Å². The number of nitrogens with one attached hydrogen (secondary N) is 1. The molecule has 1 fully saturated rings. The van der Waals surface area contributed by atoms with E-state index in [1.807, 2.05) is 17.9 Å². The smallest absolute Gasteiger partial charge is 0.252 e. The van der Waals surface area contributed by atoms with E-state index >= 15 is 0 Å². The molecule has 1 aromatic carbocycles. The predicted octanol–water partition coefficient (Wildman–Crippen LogP) is 2.41. The Kier molecular flexibility index (Phi) is 5.74. The molecule has 3 aromatic rings. The summed E-state index contributed by atoms with van der Waals surface area (Å²) in [7, 11) is 0. The molecule has 4 N–H and O–H groups in total. The first-order valence-corrected chi connectivity index (χ1v) is 10.4. The maximum absolute atomic E-state index is 14.7. The third-order valence-electron chi connectivity index (χ3n) is 5.62. The van der Waals surface area contributed by atoms with Crippen LogP contribution in [-0.4, -0.2) is 51.9 Å². The topological polar surface area (TPSA) is 118 Å². The summed E-state index contributed by atoms with van der Waals surface area (Å²) in [5.41, 5.74) is 6.74. The summed E-state index contributed by atoms with van der Waals surface area (Å²) in [4.78, 5) is 18.6. The molecule has 10 heteroatoms. The molecule has 3 heterocycles. The van der Waals surface area contributed by atoms with Crippen LogP contribution in [0.4, 0.5) is 21.7 Å². The standard InChI is InChI=1S/C22H27FN6O3/c1-13-15(22(2,3)23)5-4-6-16(13)25-21-17(12-30)26-20-14(19(24)31)11-18(27-29(20)21)28-7-9-32-10-8-28/h4-6,11,25,30H,7-10,12H2,1-3H3,(H2,24,31). The zero-order valence-electron chi connectivity index (χ0n) is 18.4. The molecule has 0 unspecified atom stereocenters. The zero-order chi connectivity index (χ0) is 23.0. The average Bonchev–Trinajstić information content (AvgIpc) is 3.11. The first-order chi connectivity index (χ1) is 15.2. The van der Waals surface area contributed by atoms with E-state index in [0.717, 1.165) is 5.56 Å². The number of aromatic nitrogens is 3. The molecular weight excluding hydrogens is 415 g/mol. The number of ether oxygens (including phenoxy) is 1. The van der Waals surface area contributed by atoms with E-state index in [1.165, 1.54) is 18.4 Å². The molecule has 9 nitrogen and oxygen atoms in total. The summed E-state index contributed by atoms with van der Waals surface area (Å²) in [6.07, 6.45) is 0. The number of hydrogen-bond donors (Lipinski definition) is 3. The van der Waals surface area contributed by atoms with Crippen molar-refractivity contribution >= 4 is 28.9 Å². The van der Waals surface area contributed by atoms with Gasteiger partial charge in [-0.25, -0.2) is 9.37 Å². The van der Waals surface area contributed by atoms with E-state index < -0.39 is 11.6 Å². The molecule has 0 atom stereocenters. The van der Waals surface area contributed by atoms with Gasteiger partial charge in [0.05, 0.1) is 25.4 Å². The number of carbonyl (C=O) groups is 1. The lowest BCUT2D eigenvalue weighted by Gasteiger charge is -2.28. The molecule has 0 radical (unpaired) electrons. The van der Waals surface area contributed by atoms with Gasteiger partial charge in [-0.1, -0.05) is 12.1 Å². The van der Waals surface area contributed by atoms with Gasteiger partial charge < -0.3 is 25.8 Å². The number of imidazole rings is 1. The van der Waals surface area contributed by atoms with Gasteiger partial charge in [0.15, 0.2) is 17.3 Å². The Labute approximate surface area is 185 Å². The number of benzene rings is 1. The van der Waals surface area contributed by atoms with E-state index in [9.17, 15) is 14.3 Å². The Hall–Kier alpha value is -3.24. The van der Waals surface area contributed by atoms with Crippen molar-refractivity contribution in [3.8, 4) is 0 Å². The van der Waals surface area contributed by atoms with Gasteiger partial charge in [-0.05, 0) is 44.0 Å². The molecule has 1 aliphatic rings. The number of amides is 1. The van der Waals surface area contributed by atoms with Crippen LogP contribution in [0.15, 0.2) is 24.3 Å². The molecule has 0 spiro atoms. The van der Waals surface area contributed by atoms with E-state index in [0.29, 0.717) is 54.9 Å². The van der Waals surface area contributed by atoms with Gasteiger partial charge in [-0.3, -0.25) is 4.79 Å². The average molecular weight is 442 g/mol. The van der Waals surface area contributed by atoms with Gasteiger partial charge in [-0.2, -0.15) is 4.52 Å². The number of carbonyl (C=O) groups excluding carboxylic acids is 1. The highest BCUT2D eigenvalue weighted by Gasteiger charge is 2.25. The number of morpholine rings is 1. The summed E-state index contributed by atoms with van der Waals surface area (Å²) >= 11 is 0. The zero-order valence-corrected chi connectivity index (χ0v) is 18.4. The molecule has 2 aromatic heterocycles. The van der Waals surface area contributed by atoms with Crippen molar-refractivity contribution in [2.45, 2.75) is 33.0 Å². The van der Waals surface area contributed by atoms with Crippen LogP contribution in [0, 0.1) is 6.92 Å². The van der Waals surface area contributed by atoms with Gasteiger partial charge >= 0.3 is 0 Å². The van der Waals surface area contributed by atoms with Crippen LogP contribution < -0.4 is 16.0 Å². The molecule has 1 amide bonds. The van der Waals surface area contributed by atoms with Crippen molar-refractivity contribution < 1.29 is 19.0 Å². The molecule has 0 bridgehead atoms. The van der Waals surface area contributed by atoms with Crippen LogP contribution >= 0.6 is 0 Å². The Balaban J connectivity index is 1.87. The molecule has 4 rings (SSSR count). The Bertz CT molecular complexity index is 1160. The van der Waals surface area contributed by atoms with Gasteiger partial charge in [-0.15, -0.1) is 5.10 Å². The third kappa shape index (κ3) is 3.98. The second-order valence-electron chi connectivity index (χ2n) is 8.26. The molecule has 0 aliphatic carbocycles. The number of halogens is 1. The highest BCUT2D eigenvalue weighted by molar-refractivity contribution is 5.99. The number of rotatable bonds is 6. The fourth-order valence-corrected chi connectivity index (χ4v) is 3.96. The lowest BCUT2D eigenvalue weighted by Crippen LogP contribution is -2.37.